The largest absolute Gasteiger partial charge is 0.380 e. The third-order valence-electron chi connectivity index (χ3n) is 2.32. The van der Waals surface area contributed by atoms with Crippen LogP contribution in [-0.2, 0) is 0 Å². The highest BCUT2D eigenvalue weighted by Gasteiger charge is 2.16. The Morgan fingerprint density at radius 2 is 2.50 bits per heavy atom. The van der Waals surface area contributed by atoms with Crippen molar-refractivity contribution in [3.63, 3.8) is 0 Å². The Hall–Kier alpha value is -0.960. The molecule has 1 aliphatic rings. The number of hydrogen-bond donors (Lipinski definition) is 1. The molecule has 2 rings (SSSR count). The third kappa shape index (κ3) is 1.77. The van der Waals surface area contributed by atoms with Crippen LogP contribution in [0.15, 0.2) is 12.3 Å². The van der Waals surface area contributed by atoms with Crippen LogP contribution in [0.3, 0.4) is 0 Å². The van der Waals surface area contributed by atoms with Gasteiger partial charge < -0.3 is 10.2 Å². The third-order valence-corrected chi connectivity index (χ3v) is 2.53. The summed E-state index contributed by atoms with van der Waals surface area (Å²) in [4.78, 5) is 6.64. The fourth-order valence-electron chi connectivity index (χ4n) is 1.73. The Kier molecular flexibility index (Phi) is 2.77. The normalized spacial score (nSPS) is 14.9. The van der Waals surface area contributed by atoms with E-state index in [1.165, 1.54) is 0 Å². The van der Waals surface area contributed by atoms with Crippen LogP contribution in [-0.4, -0.2) is 24.6 Å². The van der Waals surface area contributed by atoms with Gasteiger partial charge in [0, 0.05) is 25.8 Å². The van der Waals surface area contributed by atoms with Crippen LogP contribution in [0.1, 0.15) is 13.3 Å². The van der Waals surface area contributed by atoms with Crippen LogP contribution in [0.25, 0.3) is 0 Å². The maximum Gasteiger partial charge on any atom is 0.152 e. The molecule has 76 valence electrons. The molecule has 1 aromatic rings. The number of nitrogens with zero attached hydrogens (tertiary/aromatic N) is 2. The quantitative estimate of drug-likeness (QED) is 0.814. The Morgan fingerprint density at radius 3 is 3.29 bits per heavy atom. The van der Waals surface area contributed by atoms with Crippen molar-refractivity contribution < 1.29 is 0 Å². The summed E-state index contributed by atoms with van der Waals surface area (Å²) in [6, 6.07) is 1.94. The molecule has 0 fully saturated rings. The summed E-state index contributed by atoms with van der Waals surface area (Å²) in [5.41, 5.74) is 1.05. The van der Waals surface area contributed by atoms with Gasteiger partial charge in [0.1, 0.15) is 0 Å². The summed E-state index contributed by atoms with van der Waals surface area (Å²) >= 11 is 5.88. The molecule has 1 aromatic heterocycles. The Bertz CT molecular complexity index is 327. The van der Waals surface area contributed by atoms with Gasteiger partial charge in [-0.25, -0.2) is 4.98 Å². The predicted molar refractivity (Wildman–Crippen MR) is 60.2 cm³/mol. The topological polar surface area (TPSA) is 28.2 Å². The van der Waals surface area contributed by atoms with Crippen molar-refractivity contribution in [2.45, 2.75) is 13.3 Å². The number of pyridine rings is 1. The van der Waals surface area contributed by atoms with Crippen molar-refractivity contribution >= 4 is 23.1 Å². The first-order chi connectivity index (χ1) is 6.81. The number of anilines is 2. The zero-order valence-electron chi connectivity index (χ0n) is 8.26. The molecular formula is C10H14ClN3. The molecule has 2 heterocycles. The SMILES string of the molecule is CCCN1CCNc2cc(Cl)cnc21. The fourth-order valence-corrected chi connectivity index (χ4v) is 1.89. The highest BCUT2D eigenvalue weighted by Crippen LogP contribution is 2.28. The van der Waals surface area contributed by atoms with Crippen LogP contribution < -0.4 is 10.2 Å². The van der Waals surface area contributed by atoms with E-state index in [0.29, 0.717) is 5.02 Å². The lowest BCUT2D eigenvalue weighted by Gasteiger charge is -2.30. The highest BCUT2D eigenvalue weighted by molar-refractivity contribution is 6.30. The average molecular weight is 212 g/mol. The van der Waals surface area contributed by atoms with E-state index in [2.05, 4.69) is 22.1 Å². The van der Waals surface area contributed by atoms with Crippen molar-refractivity contribution in [2.24, 2.45) is 0 Å². The monoisotopic (exact) mass is 211 g/mol. The maximum absolute atomic E-state index is 5.88. The van der Waals surface area contributed by atoms with Crippen LogP contribution >= 0.6 is 11.6 Å². The molecule has 0 spiro atoms. The minimum absolute atomic E-state index is 0.689. The van der Waals surface area contributed by atoms with E-state index < -0.39 is 0 Å². The van der Waals surface area contributed by atoms with Gasteiger partial charge in [-0.1, -0.05) is 18.5 Å². The van der Waals surface area contributed by atoms with E-state index in [9.17, 15) is 0 Å². The van der Waals surface area contributed by atoms with E-state index in [0.717, 1.165) is 37.6 Å². The molecule has 0 saturated carbocycles. The van der Waals surface area contributed by atoms with Gasteiger partial charge in [-0.3, -0.25) is 0 Å². The molecule has 1 aliphatic heterocycles. The predicted octanol–water partition coefficient (Wildman–Crippen LogP) is 2.38. The summed E-state index contributed by atoms with van der Waals surface area (Å²) < 4.78 is 0. The minimum atomic E-state index is 0.689. The first-order valence-electron chi connectivity index (χ1n) is 4.95. The van der Waals surface area contributed by atoms with Crippen molar-refractivity contribution in [1.82, 2.24) is 4.98 Å². The molecule has 0 saturated heterocycles. The summed E-state index contributed by atoms with van der Waals surface area (Å²) in [6.07, 6.45) is 2.85. The summed E-state index contributed by atoms with van der Waals surface area (Å²) in [7, 11) is 0. The van der Waals surface area contributed by atoms with E-state index in [4.69, 9.17) is 11.6 Å². The molecule has 0 radical (unpaired) electrons. The fraction of sp³-hybridized carbons (Fsp3) is 0.500. The molecule has 0 bridgehead atoms. The molecule has 0 amide bonds. The summed E-state index contributed by atoms with van der Waals surface area (Å²) in [5.74, 6) is 1.03. The van der Waals surface area contributed by atoms with Crippen molar-refractivity contribution in [3.8, 4) is 0 Å². The molecule has 0 aliphatic carbocycles. The number of fused-ring (bicyclic) bond motifs is 1. The molecule has 14 heavy (non-hydrogen) atoms. The Balaban J connectivity index is 2.30. The second-order valence-corrected chi connectivity index (χ2v) is 3.87. The molecule has 0 atom stereocenters. The van der Waals surface area contributed by atoms with Crippen LogP contribution in [0.4, 0.5) is 11.5 Å². The van der Waals surface area contributed by atoms with E-state index in [-0.39, 0.29) is 0 Å². The zero-order valence-corrected chi connectivity index (χ0v) is 9.01. The number of aromatic nitrogens is 1. The molecule has 4 heteroatoms. The molecule has 0 aromatic carbocycles. The van der Waals surface area contributed by atoms with Crippen molar-refractivity contribution in [2.75, 3.05) is 29.9 Å². The maximum atomic E-state index is 5.88. The summed E-state index contributed by atoms with van der Waals surface area (Å²) in [6.45, 7) is 5.23. The average Bonchev–Trinajstić information content (AvgIpc) is 2.18. The van der Waals surface area contributed by atoms with E-state index >= 15 is 0 Å². The Morgan fingerprint density at radius 1 is 1.64 bits per heavy atom. The van der Waals surface area contributed by atoms with Gasteiger partial charge in [0.05, 0.1) is 10.7 Å². The van der Waals surface area contributed by atoms with Gasteiger partial charge in [0.15, 0.2) is 5.82 Å². The van der Waals surface area contributed by atoms with Gasteiger partial charge in [-0.2, -0.15) is 0 Å². The molecule has 3 nitrogen and oxygen atoms in total. The van der Waals surface area contributed by atoms with E-state index in [1.807, 2.05) is 6.07 Å². The standard InChI is InChI=1S/C10H14ClN3/c1-2-4-14-5-3-12-9-6-8(11)7-13-10(9)14/h6-7,12H,2-5H2,1H3. The van der Waals surface area contributed by atoms with Crippen molar-refractivity contribution in [1.29, 1.82) is 0 Å². The second-order valence-electron chi connectivity index (χ2n) is 3.44. The minimum Gasteiger partial charge on any atom is -0.380 e. The zero-order chi connectivity index (χ0) is 9.97. The van der Waals surface area contributed by atoms with Gasteiger partial charge in [0.2, 0.25) is 0 Å². The Labute approximate surface area is 89.1 Å². The second kappa shape index (κ2) is 4.05. The van der Waals surface area contributed by atoms with Crippen LogP contribution in [0.2, 0.25) is 5.02 Å². The number of nitrogens with one attached hydrogen (secondary N) is 1. The van der Waals surface area contributed by atoms with E-state index in [1.54, 1.807) is 6.20 Å². The lowest BCUT2D eigenvalue weighted by molar-refractivity contribution is 0.747. The van der Waals surface area contributed by atoms with Crippen LogP contribution in [0.5, 0.6) is 0 Å². The van der Waals surface area contributed by atoms with Crippen LogP contribution in [0, 0.1) is 0 Å². The first-order valence-corrected chi connectivity index (χ1v) is 5.33. The summed E-state index contributed by atoms with van der Waals surface area (Å²) in [5, 5.41) is 3.99. The number of rotatable bonds is 2. The number of hydrogen-bond acceptors (Lipinski definition) is 3. The molecular weight excluding hydrogens is 198 g/mol. The molecule has 0 unspecified atom stereocenters. The highest BCUT2D eigenvalue weighted by atomic mass is 35.5. The van der Waals surface area contributed by atoms with Crippen molar-refractivity contribution in [3.05, 3.63) is 17.3 Å². The molecule has 1 N–H and O–H groups in total. The number of halogens is 1. The first kappa shape index (κ1) is 9.59. The lowest BCUT2D eigenvalue weighted by Crippen LogP contribution is -2.35. The van der Waals surface area contributed by atoms with Gasteiger partial charge in [0.25, 0.3) is 0 Å². The lowest BCUT2D eigenvalue weighted by atomic mass is 10.2. The van der Waals surface area contributed by atoms with Gasteiger partial charge in [-0.05, 0) is 12.5 Å². The van der Waals surface area contributed by atoms with Gasteiger partial charge >= 0.3 is 0 Å². The van der Waals surface area contributed by atoms with Gasteiger partial charge in [-0.15, -0.1) is 0 Å². The smallest absolute Gasteiger partial charge is 0.152 e.